The number of nitriles is 1. The first-order chi connectivity index (χ1) is 17.4. The van der Waals surface area contributed by atoms with E-state index in [0.29, 0.717) is 46.8 Å². The molecule has 178 valence electrons. The molecule has 3 aliphatic rings. The highest BCUT2D eigenvalue weighted by Gasteiger charge is 2.73. The summed E-state index contributed by atoms with van der Waals surface area (Å²) < 4.78 is 6.48. The van der Waals surface area contributed by atoms with Gasteiger partial charge >= 0.3 is 0 Å². The van der Waals surface area contributed by atoms with Gasteiger partial charge in [0.1, 0.15) is 0 Å². The third kappa shape index (κ3) is 3.09. The standard InChI is InChI=1S/C30H24N2O4/c1-29-16-17-30(36-29,15-7-12-24(33)19-8-3-2-4-9-19)26-25(29)27(34)32(28(26)35)23-14-13-20(18-31)21-10-5-6-11-22(21)23/h2-14,25-26H,15-17H2,1H3/b12-7+. The number of carbonyl (C=O) groups excluding carboxylic acids is 3. The lowest BCUT2D eigenvalue weighted by molar-refractivity contribution is -0.130. The molecular weight excluding hydrogens is 452 g/mol. The number of hydrogen-bond donors (Lipinski definition) is 0. The Balaban J connectivity index is 1.35. The summed E-state index contributed by atoms with van der Waals surface area (Å²) in [6.45, 7) is 1.92. The van der Waals surface area contributed by atoms with Gasteiger partial charge in [-0.25, -0.2) is 4.90 Å². The van der Waals surface area contributed by atoms with E-state index in [1.165, 1.54) is 11.0 Å². The highest BCUT2D eigenvalue weighted by atomic mass is 16.5. The van der Waals surface area contributed by atoms with Crippen LogP contribution in [0.4, 0.5) is 5.69 Å². The minimum atomic E-state index is -0.823. The molecule has 2 bridgehead atoms. The molecule has 3 aromatic rings. The topological polar surface area (TPSA) is 87.5 Å². The summed E-state index contributed by atoms with van der Waals surface area (Å²) in [7, 11) is 0. The molecule has 3 heterocycles. The molecular formula is C30H24N2O4. The van der Waals surface area contributed by atoms with Crippen molar-refractivity contribution in [3.8, 4) is 6.07 Å². The maximum atomic E-state index is 13.9. The summed E-state index contributed by atoms with van der Waals surface area (Å²) in [6.07, 6.45) is 5.01. The predicted molar refractivity (Wildman–Crippen MR) is 134 cm³/mol. The lowest BCUT2D eigenvalue weighted by Gasteiger charge is -2.30. The molecule has 6 rings (SSSR count). The summed E-state index contributed by atoms with van der Waals surface area (Å²) in [4.78, 5) is 41.6. The number of fused-ring (bicyclic) bond motifs is 6. The molecule has 0 saturated carbocycles. The van der Waals surface area contributed by atoms with Crippen LogP contribution in [-0.2, 0) is 14.3 Å². The number of ether oxygens (including phenoxy) is 1. The van der Waals surface area contributed by atoms with Crippen molar-refractivity contribution in [2.24, 2.45) is 11.8 Å². The highest BCUT2D eigenvalue weighted by molar-refractivity contribution is 6.26. The van der Waals surface area contributed by atoms with Gasteiger partial charge in [-0.15, -0.1) is 0 Å². The number of allylic oxidation sites excluding steroid dienone is 1. The van der Waals surface area contributed by atoms with E-state index in [1.54, 1.807) is 30.3 Å². The summed E-state index contributed by atoms with van der Waals surface area (Å²) in [5.41, 5.74) is 0.0390. The number of carbonyl (C=O) groups is 3. The molecule has 6 nitrogen and oxygen atoms in total. The van der Waals surface area contributed by atoms with Crippen molar-refractivity contribution in [1.82, 2.24) is 0 Å². The second-order valence-electron chi connectivity index (χ2n) is 10.1. The number of amides is 2. The van der Waals surface area contributed by atoms with Gasteiger partial charge in [0.15, 0.2) is 5.78 Å². The minimum absolute atomic E-state index is 0.109. The summed E-state index contributed by atoms with van der Waals surface area (Å²) in [6, 6.07) is 21.9. The summed E-state index contributed by atoms with van der Waals surface area (Å²) in [5, 5.41) is 10.9. The van der Waals surface area contributed by atoms with Crippen LogP contribution in [-0.4, -0.2) is 28.8 Å². The van der Waals surface area contributed by atoms with E-state index in [1.807, 2.05) is 49.4 Å². The lowest BCUT2D eigenvalue weighted by Crippen LogP contribution is -2.41. The molecule has 0 aromatic heterocycles. The number of imide groups is 1. The molecule has 6 heteroatoms. The zero-order valence-electron chi connectivity index (χ0n) is 19.8. The normalized spacial score (nSPS) is 28.7. The Morgan fingerprint density at radius 2 is 1.69 bits per heavy atom. The molecule has 3 aromatic carbocycles. The third-order valence-corrected chi connectivity index (χ3v) is 8.07. The number of anilines is 1. The van der Waals surface area contributed by atoms with Crippen molar-refractivity contribution in [2.75, 3.05) is 4.90 Å². The largest absolute Gasteiger partial charge is 0.367 e. The molecule has 4 unspecified atom stereocenters. The van der Waals surface area contributed by atoms with E-state index in [4.69, 9.17) is 4.74 Å². The highest BCUT2D eigenvalue weighted by Crippen LogP contribution is 2.62. The minimum Gasteiger partial charge on any atom is -0.367 e. The van der Waals surface area contributed by atoms with Crippen LogP contribution in [0.2, 0.25) is 0 Å². The van der Waals surface area contributed by atoms with Gasteiger partial charge in [-0.1, -0.05) is 60.7 Å². The van der Waals surface area contributed by atoms with Crippen LogP contribution >= 0.6 is 0 Å². The van der Waals surface area contributed by atoms with Crippen molar-refractivity contribution in [2.45, 2.75) is 37.4 Å². The molecule has 0 aliphatic carbocycles. The van der Waals surface area contributed by atoms with Gasteiger partial charge in [-0.3, -0.25) is 14.4 Å². The first kappa shape index (κ1) is 22.4. The fraction of sp³-hybridized carbons (Fsp3) is 0.267. The van der Waals surface area contributed by atoms with Gasteiger partial charge in [0.05, 0.1) is 40.4 Å². The average molecular weight is 477 g/mol. The van der Waals surface area contributed by atoms with E-state index >= 15 is 0 Å². The molecule has 3 fully saturated rings. The average Bonchev–Trinajstić information content (AvgIpc) is 3.48. The molecule has 0 radical (unpaired) electrons. The quantitative estimate of drug-likeness (QED) is 0.295. The summed E-state index contributed by atoms with van der Waals surface area (Å²) in [5.74, 6) is -1.83. The van der Waals surface area contributed by atoms with Gasteiger partial charge in [-0.2, -0.15) is 5.26 Å². The van der Waals surface area contributed by atoms with E-state index in [9.17, 15) is 19.6 Å². The van der Waals surface area contributed by atoms with Crippen molar-refractivity contribution in [1.29, 1.82) is 5.26 Å². The zero-order valence-corrected chi connectivity index (χ0v) is 19.8. The smallest absolute Gasteiger partial charge is 0.240 e. The molecule has 2 amide bonds. The Labute approximate surface area is 208 Å². The predicted octanol–water partition coefficient (Wildman–Crippen LogP) is 4.97. The van der Waals surface area contributed by atoms with Gasteiger partial charge in [-0.05, 0) is 44.4 Å². The van der Waals surface area contributed by atoms with Crippen LogP contribution < -0.4 is 4.90 Å². The Morgan fingerprint density at radius 1 is 1.00 bits per heavy atom. The van der Waals surface area contributed by atoms with Crippen LogP contribution in [0, 0.1) is 23.2 Å². The SMILES string of the molecule is CC12CCC(C/C=C/C(=O)c3ccccc3)(O1)C1C(=O)N(c3ccc(C#N)c4ccccc34)C(=O)C12. The Bertz CT molecular complexity index is 1500. The van der Waals surface area contributed by atoms with Crippen molar-refractivity contribution in [3.05, 3.63) is 90.0 Å². The van der Waals surface area contributed by atoms with Gasteiger partial charge in [0, 0.05) is 16.3 Å². The third-order valence-electron chi connectivity index (χ3n) is 8.07. The van der Waals surface area contributed by atoms with E-state index in [-0.39, 0.29) is 17.6 Å². The molecule has 3 aliphatic heterocycles. The van der Waals surface area contributed by atoms with Crippen LogP contribution in [0.25, 0.3) is 10.8 Å². The Kier molecular flexibility index (Phi) is 4.96. The number of benzene rings is 3. The lowest BCUT2D eigenvalue weighted by atomic mass is 9.67. The number of rotatable bonds is 5. The second-order valence-corrected chi connectivity index (χ2v) is 10.1. The first-order valence-electron chi connectivity index (χ1n) is 12.1. The fourth-order valence-corrected chi connectivity index (χ4v) is 6.43. The maximum Gasteiger partial charge on any atom is 0.240 e. The monoisotopic (exact) mass is 476 g/mol. The van der Waals surface area contributed by atoms with Gasteiger partial charge in [0.25, 0.3) is 0 Å². The Hall–Kier alpha value is -4.08. The van der Waals surface area contributed by atoms with Gasteiger partial charge in [0.2, 0.25) is 11.8 Å². The molecule has 0 spiro atoms. The van der Waals surface area contributed by atoms with Crippen LogP contribution in [0.1, 0.15) is 42.1 Å². The summed E-state index contributed by atoms with van der Waals surface area (Å²) >= 11 is 0. The van der Waals surface area contributed by atoms with Crippen molar-refractivity contribution in [3.63, 3.8) is 0 Å². The van der Waals surface area contributed by atoms with Crippen LogP contribution in [0.5, 0.6) is 0 Å². The Morgan fingerprint density at radius 3 is 2.44 bits per heavy atom. The van der Waals surface area contributed by atoms with Crippen LogP contribution in [0.15, 0.2) is 78.9 Å². The number of ketones is 1. The van der Waals surface area contributed by atoms with Gasteiger partial charge < -0.3 is 4.74 Å². The van der Waals surface area contributed by atoms with E-state index in [0.717, 1.165) is 0 Å². The number of hydrogen-bond acceptors (Lipinski definition) is 5. The molecule has 0 N–H and O–H groups in total. The van der Waals surface area contributed by atoms with E-state index < -0.39 is 23.0 Å². The fourth-order valence-electron chi connectivity index (χ4n) is 6.43. The van der Waals surface area contributed by atoms with Crippen molar-refractivity contribution >= 4 is 34.1 Å². The molecule has 3 saturated heterocycles. The van der Waals surface area contributed by atoms with E-state index in [2.05, 4.69) is 6.07 Å². The molecule has 36 heavy (non-hydrogen) atoms. The maximum absolute atomic E-state index is 13.9. The number of nitrogens with zero attached hydrogens (tertiary/aromatic N) is 2. The van der Waals surface area contributed by atoms with Crippen molar-refractivity contribution < 1.29 is 19.1 Å². The first-order valence-corrected chi connectivity index (χ1v) is 12.1. The molecule has 4 atom stereocenters. The second kappa shape index (κ2) is 7.97. The van der Waals surface area contributed by atoms with Crippen LogP contribution in [0.3, 0.4) is 0 Å². The zero-order chi connectivity index (χ0) is 25.1.